The van der Waals surface area contributed by atoms with Gasteiger partial charge in [0.1, 0.15) is 0 Å². The van der Waals surface area contributed by atoms with Crippen LogP contribution < -0.4 is 0 Å². The molecule has 6 nitrogen and oxygen atoms in total. The first-order valence-electron chi connectivity index (χ1n) is 9.86. The molecule has 3 heterocycles. The average molecular weight is 409 g/mol. The normalized spacial score (nSPS) is 14.8. The van der Waals surface area contributed by atoms with E-state index in [0.29, 0.717) is 38.2 Å². The Labute approximate surface area is 174 Å². The fourth-order valence-electron chi connectivity index (χ4n) is 3.59. The number of carbonyl (C=O) groups excluding carboxylic acids is 2. The predicted molar refractivity (Wildman–Crippen MR) is 114 cm³/mol. The molecule has 1 fully saturated rings. The van der Waals surface area contributed by atoms with Gasteiger partial charge < -0.3 is 9.80 Å². The van der Waals surface area contributed by atoms with Crippen molar-refractivity contribution < 1.29 is 9.59 Å². The van der Waals surface area contributed by atoms with Crippen LogP contribution in [0.25, 0.3) is 11.0 Å². The first kappa shape index (κ1) is 19.5. The minimum absolute atomic E-state index is 0.0144. The van der Waals surface area contributed by atoms with Gasteiger partial charge in [0.2, 0.25) is 5.91 Å². The van der Waals surface area contributed by atoms with Gasteiger partial charge in [0, 0.05) is 36.6 Å². The summed E-state index contributed by atoms with van der Waals surface area (Å²) in [6, 6.07) is 9.45. The molecule has 150 valence electrons. The van der Waals surface area contributed by atoms with E-state index in [1.165, 1.54) is 0 Å². The second-order valence-corrected chi connectivity index (χ2v) is 8.41. The Morgan fingerprint density at radius 1 is 0.966 bits per heavy atom. The third kappa shape index (κ3) is 4.29. The van der Waals surface area contributed by atoms with Crippen LogP contribution >= 0.6 is 11.3 Å². The second-order valence-electron chi connectivity index (χ2n) is 7.38. The molecule has 2 aromatic heterocycles. The summed E-state index contributed by atoms with van der Waals surface area (Å²) >= 11 is 1.60. The standard InChI is InChI=1S/C22H24N4O2S/c1-15-16(2)24-20-13-17(6-7-19(20)23-15)22(28)26-9-4-8-25(10-11-26)21(27)14-18-5-3-12-29-18/h3,5-7,12-13H,4,8-11,14H2,1-2H3. The summed E-state index contributed by atoms with van der Waals surface area (Å²) in [6.45, 7) is 6.32. The topological polar surface area (TPSA) is 66.4 Å². The monoisotopic (exact) mass is 408 g/mol. The van der Waals surface area contributed by atoms with Gasteiger partial charge in [-0.3, -0.25) is 9.59 Å². The highest BCUT2D eigenvalue weighted by atomic mass is 32.1. The summed E-state index contributed by atoms with van der Waals surface area (Å²) in [7, 11) is 0. The Bertz CT molecular complexity index is 1050. The molecule has 2 amide bonds. The Hall–Kier alpha value is -2.80. The summed E-state index contributed by atoms with van der Waals surface area (Å²) in [5.41, 5.74) is 3.92. The number of thiophene rings is 1. The van der Waals surface area contributed by atoms with Gasteiger partial charge in [0.25, 0.3) is 5.91 Å². The molecule has 0 spiro atoms. The highest BCUT2D eigenvalue weighted by Gasteiger charge is 2.23. The first-order chi connectivity index (χ1) is 14.0. The van der Waals surface area contributed by atoms with Crippen molar-refractivity contribution in [3.05, 3.63) is 57.5 Å². The van der Waals surface area contributed by atoms with E-state index in [-0.39, 0.29) is 11.8 Å². The molecule has 1 aromatic carbocycles. The Balaban J connectivity index is 1.45. The maximum Gasteiger partial charge on any atom is 0.253 e. The smallest absolute Gasteiger partial charge is 0.253 e. The number of amides is 2. The lowest BCUT2D eigenvalue weighted by molar-refractivity contribution is -0.130. The SMILES string of the molecule is Cc1nc2ccc(C(=O)N3CCCN(C(=O)Cc4cccs4)CC3)cc2nc1C. The molecule has 0 radical (unpaired) electrons. The van der Waals surface area contributed by atoms with Crippen LogP contribution in [-0.4, -0.2) is 57.8 Å². The molecule has 1 aliphatic rings. The lowest BCUT2D eigenvalue weighted by Gasteiger charge is -2.22. The maximum absolute atomic E-state index is 13.1. The number of hydrogen-bond donors (Lipinski definition) is 0. The highest BCUT2D eigenvalue weighted by molar-refractivity contribution is 7.10. The number of aryl methyl sites for hydroxylation is 2. The van der Waals surface area contributed by atoms with Crippen molar-refractivity contribution >= 4 is 34.2 Å². The van der Waals surface area contributed by atoms with Gasteiger partial charge in [-0.15, -0.1) is 11.3 Å². The van der Waals surface area contributed by atoms with Crippen LogP contribution in [0.3, 0.4) is 0 Å². The minimum Gasteiger partial charge on any atom is -0.341 e. The van der Waals surface area contributed by atoms with Crippen molar-refractivity contribution in [3.63, 3.8) is 0 Å². The van der Waals surface area contributed by atoms with Crippen molar-refractivity contribution in [1.82, 2.24) is 19.8 Å². The number of fused-ring (bicyclic) bond motifs is 1. The quantitative estimate of drug-likeness (QED) is 0.667. The van der Waals surface area contributed by atoms with Crippen LogP contribution in [0, 0.1) is 13.8 Å². The summed E-state index contributed by atoms with van der Waals surface area (Å²) in [5.74, 6) is 0.119. The van der Waals surface area contributed by atoms with Crippen molar-refractivity contribution in [1.29, 1.82) is 0 Å². The van der Waals surface area contributed by atoms with E-state index in [1.54, 1.807) is 11.3 Å². The molecule has 0 N–H and O–H groups in total. The van der Waals surface area contributed by atoms with Gasteiger partial charge in [-0.1, -0.05) is 6.07 Å². The molecular weight excluding hydrogens is 384 g/mol. The molecule has 4 rings (SSSR count). The Kier molecular flexibility index (Phi) is 5.58. The van der Waals surface area contributed by atoms with Crippen molar-refractivity contribution in [2.45, 2.75) is 26.7 Å². The lowest BCUT2D eigenvalue weighted by Crippen LogP contribution is -2.37. The molecule has 29 heavy (non-hydrogen) atoms. The predicted octanol–water partition coefficient (Wildman–Crippen LogP) is 3.23. The fourth-order valence-corrected chi connectivity index (χ4v) is 4.29. The molecule has 0 saturated carbocycles. The van der Waals surface area contributed by atoms with Crippen LogP contribution in [0.1, 0.15) is 33.0 Å². The van der Waals surface area contributed by atoms with E-state index in [2.05, 4.69) is 9.97 Å². The Morgan fingerprint density at radius 3 is 2.45 bits per heavy atom. The first-order valence-corrected chi connectivity index (χ1v) is 10.7. The van der Waals surface area contributed by atoms with Crippen LogP contribution in [0.2, 0.25) is 0 Å². The van der Waals surface area contributed by atoms with Gasteiger partial charge in [-0.25, -0.2) is 9.97 Å². The molecule has 0 unspecified atom stereocenters. The van der Waals surface area contributed by atoms with Gasteiger partial charge >= 0.3 is 0 Å². The molecule has 0 aliphatic carbocycles. The molecular formula is C22H24N4O2S. The van der Waals surface area contributed by atoms with Crippen LogP contribution in [0.5, 0.6) is 0 Å². The minimum atomic E-state index is -0.0144. The van der Waals surface area contributed by atoms with Gasteiger partial charge in [0.15, 0.2) is 0 Å². The van der Waals surface area contributed by atoms with Crippen molar-refractivity contribution in [2.24, 2.45) is 0 Å². The van der Waals surface area contributed by atoms with Crippen molar-refractivity contribution in [2.75, 3.05) is 26.2 Å². The molecule has 0 atom stereocenters. The highest BCUT2D eigenvalue weighted by Crippen LogP contribution is 2.17. The number of carbonyl (C=O) groups is 2. The van der Waals surface area contributed by atoms with Crippen LogP contribution in [0.15, 0.2) is 35.7 Å². The zero-order valence-corrected chi connectivity index (χ0v) is 17.5. The third-order valence-corrected chi connectivity index (χ3v) is 6.24. The summed E-state index contributed by atoms with van der Waals surface area (Å²) in [4.78, 5) is 39.5. The van der Waals surface area contributed by atoms with E-state index in [9.17, 15) is 9.59 Å². The van der Waals surface area contributed by atoms with Gasteiger partial charge in [0.05, 0.1) is 28.8 Å². The van der Waals surface area contributed by atoms with Crippen LogP contribution in [-0.2, 0) is 11.2 Å². The zero-order valence-electron chi connectivity index (χ0n) is 16.7. The molecule has 0 bridgehead atoms. The third-order valence-electron chi connectivity index (χ3n) is 5.36. The van der Waals surface area contributed by atoms with E-state index in [4.69, 9.17) is 0 Å². The largest absolute Gasteiger partial charge is 0.341 e. The molecule has 3 aromatic rings. The van der Waals surface area contributed by atoms with E-state index in [1.807, 2.05) is 59.4 Å². The van der Waals surface area contributed by atoms with Gasteiger partial charge in [-0.05, 0) is 49.9 Å². The zero-order chi connectivity index (χ0) is 20.4. The van der Waals surface area contributed by atoms with E-state index >= 15 is 0 Å². The molecule has 1 saturated heterocycles. The number of hydrogen-bond acceptors (Lipinski definition) is 5. The summed E-state index contributed by atoms with van der Waals surface area (Å²) < 4.78 is 0. The maximum atomic E-state index is 13.1. The average Bonchev–Trinajstić information content (AvgIpc) is 3.09. The molecule has 7 heteroatoms. The van der Waals surface area contributed by atoms with E-state index in [0.717, 1.165) is 33.7 Å². The lowest BCUT2D eigenvalue weighted by atomic mass is 10.1. The van der Waals surface area contributed by atoms with E-state index < -0.39 is 0 Å². The number of rotatable bonds is 3. The van der Waals surface area contributed by atoms with Crippen molar-refractivity contribution in [3.8, 4) is 0 Å². The Morgan fingerprint density at radius 2 is 1.69 bits per heavy atom. The number of aromatic nitrogens is 2. The summed E-state index contributed by atoms with van der Waals surface area (Å²) in [5, 5.41) is 1.99. The van der Waals surface area contributed by atoms with Gasteiger partial charge in [-0.2, -0.15) is 0 Å². The van der Waals surface area contributed by atoms with Crippen LogP contribution in [0.4, 0.5) is 0 Å². The fraction of sp³-hybridized carbons (Fsp3) is 0.364. The summed E-state index contributed by atoms with van der Waals surface area (Å²) in [6.07, 6.45) is 1.22. The number of benzene rings is 1. The molecule has 1 aliphatic heterocycles. The number of nitrogens with zero attached hydrogens (tertiary/aromatic N) is 4. The second kappa shape index (κ2) is 8.29.